The zero-order chi connectivity index (χ0) is 62.2. The molecule has 18 rings (SSSR count). The Balaban J connectivity index is 1.06. The van der Waals surface area contributed by atoms with Crippen molar-refractivity contribution in [3.8, 4) is 17.2 Å². The molecule has 0 aliphatic carbocycles. The predicted octanol–water partition coefficient (Wildman–Crippen LogP) is 23.6. The number of nitriles is 1. The van der Waals surface area contributed by atoms with E-state index in [-0.39, 0.29) is 0 Å². The third-order valence-corrected chi connectivity index (χ3v) is 18.2. The molecular formula is C84H56N10. The van der Waals surface area contributed by atoms with Gasteiger partial charge in [0.25, 0.3) is 0 Å². The number of hydrogen-bond donors (Lipinski definition) is 0. The van der Waals surface area contributed by atoms with E-state index in [1.807, 2.05) is 12.1 Å². The Morgan fingerprint density at radius 3 is 0.606 bits per heavy atom. The molecule has 94 heavy (non-hydrogen) atoms. The number of fused-ring (bicyclic) bond motifs is 8. The zero-order valence-electron chi connectivity index (χ0n) is 50.8. The molecular weight excluding hydrogens is 1150 g/mol. The van der Waals surface area contributed by atoms with E-state index in [2.05, 4.69) is 373 Å². The number of hydrogen-bond acceptors (Lipinski definition) is 10. The summed E-state index contributed by atoms with van der Waals surface area (Å²) in [5, 5.41) is 10.8. The van der Waals surface area contributed by atoms with E-state index in [0.29, 0.717) is 17.2 Å². The van der Waals surface area contributed by atoms with Crippen LogP contribution in [0.25, 0.3) is 11.1 Å². The van der Waals surface area contributed by atoms with Gasteiger partial charge < -0.3 is 29.4 Å². The highest BCUT2D eigenvalue weighted by Crippen LogP contribution is 2.68. The normalized spacial score (nSPS) is 13.1. The molecule has 4 aliphatic rings. The van der Waals surface area contributed by atoms with Crippen molar-refractivity contribution in [1.29, 1.82) is 5.26 Å². The minimum atomic E-state index is 0.542. The van der Waals surface area contributed by atoms with Gasteiger partial charge in [0.05, 0.1) is 103 Å². The first-order valence-corrected chi connectivity index (χ1v) is 31.6. The summed E-state index contributed by atoms with van der Waals surface area (Å²) in [5.41, 5.74) is 23.3. The number of aromatic nitrogens is 1. The van der Waals surface area contributed by atoms with Gasteiger partial charge in [0, 0.05) is 28.3 Å². The van der Waals surface area contributed by atoms with Crippen LogP contribution in [-0.4, -0.2) is 4.98 Å². The van der Waals surface area contributed by atoms with Gasteiger partial charge in [-0.2, -0.15) is 5.26 Å². The quantitative estimate of drug-likeness (QED) is 0.140. The number of rotatable bonds is 9. The smallest absolute Gasteiger partial charge is 0.165 e. The van der Waals surface area contributed by atoms with Crippen molar-refractivity contribution in [3.05, 3.63) is 345 Å². The van der Waals surface area contributed by atoms with Crippen molar-refractivity contribution in [2.24, 2.45) is 0 Å². The molecule has 0 saturated heterocycles. The molecule has 0 radical (unpaired) electrons. The molecule has 14 aromatic rings. The zero-order valence-corrected chi connectivity index (χ0v) is 50.8. The van der Waals surface area contributed by atoms with Gasteiger partial charge in [0.15, 0.2) is 11.6 Å². The van der Waals surface area contributed by atoms with E-state index >= 15 is 0 Å². The Morgan fingerprint density at radius 2 is 0.394 bits per heavy atom. The highest BCUT2D eigenvalue weighted by atomic mass is 15.4. The molecule has 0 N–H and O–H groups in total. The third kappa shape index (κ3) is 8.39. The molecule has 0 unspecified atom stereocenters. The van der Waals surface area contributed by atoms with Gasteiger partial charge in [-0.25, -0.2) is 4.98 Å². The van der Waals surface area contributed by atoms with Gasteiger partial charge in [0.1, 0.15) is 11.4 Å². The number of benzene rings is 13. The molecule has 10 heteroatoms. The number of anilines is 24. The van der Waals surface area contributed by atoms with Crippen LogP contribution in [0.2, 0.25) is 0 Å². The summed E-state index contributed by atoms with van der Waals surface area (Å²) in [5.74, 6) is 1.32. The fourth-order valence-electron chi connectivity index (χ4n) is 14.4. The van der Waals surface area contributed by atoms with Crippen molar-refractivity contribution >= 4 is 137 Å². The van der Waals surface area contributed by atoms with Gasteiger partial charge in [0.2, 0.25) is 0 Å². The van der Waals surface area contributed by atoms with E-state index in [0.717, 1.165) is 136 Å². The van der Waals surface area contributed by atoms with E-state index in [9.17, 15) is 5.26 Å². The number of para-hydroxylation sites is 20. The topological polar surface area (TPSA) is 62.6 Å². The van der Waals surface area contributed by atoms with E-state index < -0.39 is 0 Å². The van der Waals surface area contributed by atoms with E-state index in [1.54, 1.807) is 0 Å². The Labute approximate surface area is 545 Å². The summed E-state index contributed by atoms with van der Waals surface area (Å²) in [6.45, 7) is 0. The second-order valence-corrected chi connectivity index (χ2v) is 23.5. The molecule has 0 atom stereocenters. The Hall–Kier alpha value is -13.1. The molecule has 13 aromatic carbocycles. The average molecular weight is 1210 g/mol. The monoisotopic (exact) mass is 1200 g/mol. The van der Waals surface area contributed by atoms with Gasteiger partial charge in [-0.05, 0) is 163 Å². The maximum Gasteiger partial charge on any atom is 0.165 e. The van der Waals surface area contributed by atoms with Gasteiger partial charge in [-0.3, -0.25) is 9.80 Å². The fourth-order valence-corrected chi connectivity index (χ4v) is 14.4. The average Bonchev–Trinajstić information content (AvgIpc) is 0.693. The van der Waals surface area contributed by atoms with Crippen LogP contribution in [0.4, 0.5) is 137 Å². The Kier molecular flexibility index (Phi) is 12.7. The van der Waals surface area contributed by atoms with Crippen LogP contribution in [0, 0.1) is 11.3 Å². The molecule has 1 aromatic heterocycles. The molecule has 442 valence electrons. The molecule has 5 heterocycles. The van der Waals surface area contributed by atoms with Crippen LogP contribution >= 0.6 is 0 Å². The predicted molar refractivity (Wildman–Crippen MR) is 386 cm³/mol. The minimum Gasteiger partial charge on any atom is -0.306 e. The van der Waals surface area contributed by atoms with Crippen LogP contribution < -0.4 is 39.2 Å². The van der Waals surface area contributed by atoms with Gasteiger partial charge in [-0.1, -0.05) is 182 Å². The molecule has 0 bridgehead atoms. The van der Waals surface area contributed by atoms with Crippen molar-refractivity contribution < 1.29 is 0 Å². The molecule has 0 fully saturated rings. The second-order valence-electron chi connectivity index (χ2n) is 23.5. The second kappa shape index (κ2) is 22.1. The van der Waals surface area contributed by atoms with Crippen LogP contribution in [0.1, 0.15) is 5.56 Å². The summed E-state index contributed by atoms with van der Waals surface area (Å²) in [7, 11) is 0. The molecule has 0 amide bonds. The molecule has 0 saturated carbocycles. The Bertz CT molecular complexity index is 4800. The minimum absolute atomic E-state index is 0.542. The number of nitrogens with zero attached hydrogens (tertiary/aromatic N) is 10. The summed E-state index contributed by atoms with van der Waals surface area (Å²) in [4.78, 5) is 25.9. The largest absolute Gasteiger partial charge is 0.306 e. The van der Waals surface area contributed by atoms with Crippen molar-refractivity contribution in [2.45, 2.75) is 0 Å². The van der Waals surface area contributed by atoms with Crippen LogP contribution in [0.3, 0.4) is 0 Å². The summed E-state index contributed by atoms with van der Waals surface area (Å²) >= 11 is 0. The molecule has 10 nitrogen and oxygen atoms in total. The summed E-state index contributed by atoms with van der Waals surface area (Å²) < 4.78 is 0. The fraction of sp³-hybridized carbons (Fsp3) is 0. The van der Waals surface area contributed by atoms with Crippen LogP contribution in [0.15, 0.2) is 340 Å². The maximum atomic E-state index is 10.8. The van der Waals surface area contributed by atoms with Crippen LogP contribution in [0.5, 0.6) is 0 Å². The van der Waals surface area contributed by atoms with Gasteiger partial charge in [-0.15, -0.1) is 0 Å². The van der Waals surface area contributed by atoms with E-state index in [4.69, 9.17) is 4.98 Å². The lowest BCUT2D eigenvalue weighted by molar-refractivity contribution is 1.06. The first-order valence-electron chi connectivity index (χ1n) is 31.6. The first-order chi connectivity index (χ1) is 46.7. The first kappa shape index (κ1) is 53.9. The lowest BCUT2D eigenvalue weighted by atomic mass is 9.94. The van der Waals surface area contributed by atoms with Crippen LogP contribution in [-0.2, 0) is 0 Å². The SMILES string of the molecule is N#Cc1ccc(-c2c(N3c4ccccc4N(c4ccccc4)c4ccccc43)c(N3c4ccccc4N(c4ccccc4)c4ccccc43)nc(N3c4ccccc4N(c4ccccc4)c4ccccc43)c2N2c3ccccc3N(c3ccccc3)c3ccccc32)cc1. The van der Waals surface area contributed by atoms with Crippen molar-refractivity contribution in [2.75, 3.05) is 39.2 Å². The maximum absolute atomic E-state index is 10.8. The number of pyridine rings is 1. The van der Waals surface area contributed by atoms with Gasteiger partial charge >= 0.3 is 0 Å². The highest BCUT2D eigenvalue weighted by Gasteiger charge is 2.45. The van der Waals surface area contributed by atoms with Crippen molar-refractivity contribution in [1.82, 2.24) is 4.98 Å². The standard InChI is InChI=1S/C84H56N10/c85-57-58-53-55-59(56-54-58)80-81(91-72-45-21-13-37-64(72)87(60-29-5-1-6-30-60)65-38-14-22-46-73(65)91)83(93-76-49-25-17-41-68(76)89(62-33-9-3-10-34-62)69-42-18-26-50-77(69)93)86-84(94-78-51-27-19-43-70(78)90(63-35-11-4-12-36-63)71-44-20-28-52-79(71)94)82(80)92-74-47-23-15-39-66(74)88(61-31-7-2-8-32-61)67-40-16-24-48-75(67)92/h1-56H. The summed E-state index contributed by atoms with van der Waals surface area (Å²) in [6.07, 6.45) is 0. The lowest BCUT2D eigenvalue weighted by Crippen LogP contribution is -2.31. The van der Waals surface area contributed by atoms with E-state index in [1.165, 1.54) is 0 Å². The Morgan fingerprint density at radius 1 is 0.202 bits per heavy atom. The molecule has 4 aliphatic heterocycles. The lowest BCUT2D eigenvalue weighted by Gasteiger charge is -2.47. The summed E-state index contributed by atoms with van der Waals surface area (Å²) in [6, 6.07) is 123. The third-order valence-electron chi connectivity index (χ3n) is 18.2. The highest BCUT2D eigenvalue weighted by molar-refractivity contribution is 6.18. The van der Waals surface area contributed by atoms with Crippen molar-refractivity contribution in [3.63, 3.8) is 0 Å². The molecule has 0 spiro atoms.